The minimum absolute atomic E-state index is 0.0295. The minimum atomic E-state index is -1.71. The van der Waals surface area contributed by atoms with Crippen LogP contribution in [0.5, 0.6) is 0 Å². The number of rotatable bonds is 35. The molecule has 0 radical (unpaired) electrons. The maximum atomic E-state index is 14.7. The molecule has 442 valence electrons. The second-order valence-corrected chi connectivity index (χ2v) is 20.0. The number of H-pyrrole nitrogens is 1. The molecule has 3 rings (SSSR count). The van der Waals surface area contributed by atoms with Gasteiger partial charge >= 0.3 is 0 Å². The normalized spacial score (nSPS) is 14.9. The van der Waals surface area contributed by atoms with Crippen molar-refractivity contribution in [2.75, 3.05) is 37.7 Å². The summed E-state index contributed by atoms with van der Waals surface area (Å²) < 4.78 is 0. The van der Waals surface area contributed by atoms with E-state index in [4.69, 9.17) is 16.9 Å². The van der Waals surface area contributed by atoms with Gasteiger partial charge in [-0.05, 0) is 90.0 Å². The number of primary amides is 1. The highest BCUT2D eigenvalue weighted by molar-refractivity contribution is 7.80. The fourth-order valence-electron chi connectivity index (χ4n) is 8.48. The number of hydrogen-bond donors (Lipinski definition) is 17. The molecule has 3 aromatic rings. The van der Waals surface area contributed by atoms with Crippen molar-refractivity contribution < 1.29 is 53.4 Å². The van der Waals surface area contributed by atoms with Crippen LogP contribution in [0.2, 0.25) is 0 Å². The molecule has 1 heterocycles. The number of carbonyl (C=O) groups excluding carboxylic acids is 9. The Kier molecular flexibility index (Phi) is 29.4. The number of para-hydroxylation sites is 1. The average molecular weight is 1160 g/mol. The Morgan fingerprint density at radius 2 is 1.06 bits per heavy atom. The van der Waals surface area contributed by atoms with Crippen molar-refractivity contribution >= 4 is 95.3 Å². The third-order valence-electron chi connectivity index (χ3n) is 13.0. The van der Waals surface area contributed by atoms with Crippen LogP contribution in [0.3, 0.4) is 0 Å². The molecule has 2 aromatic carbocycles. The first-order chi connectivity index (χ1) is 38.1. The topological polar surface area (TPSA) is 397 Å². The molecule has 27 heteroatoms. The summed E-state index contributed by atoms with van der Waals surface area (Å²) in [5.41, 5.74) is 13.0. The smallest absolute Gasteiger partial charge is 0.245 e. The van der Waals surface area contributed by atoms with E-state index in [9.17, 15) is 53.4 Å². The maximum Gasteiger partial charge on any atom is 0.245 e. The number of nitrogens with two attached hydrogens (primary N) is 2. The summed E-state index contributed by atoms with van der Waals surface area (Å²) in [6.07, 6.45) is 0.417. The first-order valence-electron chi connectivity index (χ1n) is 26.7. The number of fused-ring (bicyclic) bond motifs is 1. The molecule has 10 atom stereocenters. The van der Waals surface area contributed by atoms with Gasteiger partial charge in [-0.2, -0.15) is 25.3 Å². The van der Waals surface area contributed by atoms with E-state index in [1.54, 1.807) is 42.6 Å². The van der Waals surface area contributed by atoms with Crippen LogP contribution >= 0.6 is 25.3 Å². The molecular weight excluding hydrogens is 1070 g/mol. The summed E-state index contributed by atoms with van der Waals surface area (Å²) >= 11 is 8.48. The Balaban J connectivity index is 1.93. The van der Waals surface area contributed by atoms with Crippen LogP contribution in [0.4, 0.5) is 0 Å². The number of benzene rings is 2. The lowest BCUT2D eigenvalue weighted by atomic mass is 10.0. The summed E-state index contributed by atoms with van der Waals surface area (Å²) in [4.78, 5) is 127. The molecule has 0 aliphatic heterocycles. The summed E-state index contributed by atoms with van der Waals surface area (Å²) in [6, 6.07) is 4.73. The van der Waals surface area contributed by atoms with Gasteiger partial charge in [0.1, 0.15) is 48.3 Å². The minimum Gasteiger partial charge on any atom is -0.391 e. The zero-order valence-corrected chi connectivity index (χ0v) is 47.8. The molecular formula is C53H82N14O11S2. The monoisotopic (exact) mass is 1150 g/mol. The summed E-state index contributed by atoms with van der Waals surface area (Å²) in [7, 11) is 0. The van der Waals surface area contributed by atoms with Gasteiger partial charge in [-0.15, -0.1) is 0 Å². The number of aliphatic hydroxyl groups excluding tert-OH is 2. The van der Waals surface area contributed by atoms with Crippen molar-refractivity contribution in [3.63, 3.8) is 0 Å². The van der Waals surface area contributed by atoms with Crippen molar-refractivity contribution in [1.82, 2.24) is 57.7 Å². The Bertz CT molecular complexity index is 2530. The van der Waals surface area contributed by atoms with Crippen molar-refractivity contribution in [3.05, 3.63) is 71.9 Å². The summed E-state index contributed by atoms with van der Waals surface area (Å²) in [5, 5.41) is 53.3. The molecule has 1 aromatic heterocycles. The van der Waals surface area contributed by atoms with Crippen LogP contribution in [-0.2, 0) is 56.0 Å². The SMILES string of the molecule is CCN(CC)C(=N)NCCCC[C@H](NC(C)=O)C(=O)N[C@@H](CS)C(=O)N[C@@H](Cc1ccccc1)C(=O)N[C@H](Cc1c[nH]c2ccccc12)C(=O)N[C@@H](CCCCN)C(=O)N[C@H](C(=O)N[C@@H](CS)C(=O)N[C@H](C(N)=O)[C@@H](C)O)[C@@H](C)O. The number of aromatic nitrogens is 1. The number of carbonyl (C=O) groups is 9. The zero-order valence-electron chi connectivity index (χ0n) is 46.0. The fraction of sp³-hybridized carbons (Fsp3) is 0.547. The lowest BCUT2D eigenvalue weighted by Crippen LogP contribution is -2.62. The lowest BCUT2D eigenvalue weighted by Gasteiger charge is -2.28. The number of aliphatic hydroxyl groups is 2. The van der Waals surface area contributed by atoms with Crippen LogP contribution < -0.4 is 59.3 Å². The van der Waals surface area contributed by atoms with Crippen LogP contribution in [0.25, 0.3) is 10.9 Å². The number of guanidine groups is 1. The molecule has 80 heavy (non-hydrogen) atoms. The predicted molar refractivity (Wildman–Crippen MR) is 309 cm³/mol. The molecule has 0 spiro atoms. The highest BCUT2D eigenvalue weighted by Crippen LogP contribution is 2.20. The molecule has 17 N–H and O–H groups in total. The number of nitrogens with zero attached hydrogens (tertiary/aromatic N) is 1. The van der Waals surface area contributed by atoms with Gasteiger partial charge < -0.3 is 79.4 Å². The molecule has 0 saturated carbocycles. The highest BCUT2D eigenvalue weighted by Gasteiger charge is 2.36. The fourth-order valence-corrected chi connectivity index (χ4v) is 8.99. The number of amides is 9. The van der Waals surface area contributed by atoms with Gasteiger partial charge in [0, 0.05) is 68.0 Å². The number of hydrogen-bond acceptors (Lipinski definition) is 15. The standard InChI is InChI=1S/C53H82N14O11S2/c1-6-67(7-2)53(56)57-24-16-14-22-37(59-32(5)70)46(72)63-41(28-79)50(76)61-39(25-33-17-9-8-10-18-33)48(74)62-40(26-34-27-58-36-20-12-11-19-35(34)36)49(75)60-38(21-13-15-23-54)47(73)66-44(31(4)69)52(78)64-42(29-80)51(77)65-43(30(3)68)45(55)71/h8-12,17-20,27,30-31,37-44,58,68-69,79-80H,6-7,13-16,21-26,28-29,54H2,1-5H3,(H2,55,71)(H2,56,57)(H,59,70)(H,60,75)(H,61,76)(H,62,74)(H,63,72)(H,64,78)(H,65,77)(H,66,73)/t30-,31-,37+,38+,39+,40-,41+,42+,43+,44+/m1/s1. The number of thiol groups is 2. The van der Waals surface area contributed by atoms with E-state index in [0.29, 0.717) is 56.4 Å². The molecule has 0 unspecified atom stereocenters. The first kappa shape index (κ1) is 67.3. The van der Waals surface area contributed by atoms with Gasteiger partial charge in [-0.25, -0.2) is 0 Å². The van der Waals surface area contributed by atoms with Crippen molar-refractivity contribution in [1.29, 1.82) is 5.41 Å². The third-order valence-corrected chi connectivity index (χ3v) is 13.7. The van der Waals surface area contributed by atoms with E-state index in [1.807, 2.05) is 36.9 Å². The maximum absolute atomic E-state index is 14.7. The largest absolute Gasteiger partial charge is 0.391 e. The zero-order chi connectivity index (χ0) is 59.5. The van der Waals surface area contributed by atoms with E-state index in [0.717, 1.165) is 10.9 Å². The number of unbranched alkanes of at least 4 members (excludes halogenated alkanes) is 2. The van der Waals surface area contributed by atoms with E-state index < -0.39 is 114 Å². The third kappa shape index (κ3) is 21.9. The van der Waals surface area contributed by atoms with E-state index >= 15 is 0 Å². The molecule has 0 aliphatic carbocycles. The van der Waals surface area contributed by atoms with Crippen LogP contribution in [0, 0.1) is 5.41 Å². The Labute approximate surface area is 477 Å². The Morgan fingerprint density at radius 3 is 1.61 bits per heavy atom. The molecule has 0 fully saturated rings. The molecule has 0 saturated heterocycles. The van der Waals surface area contributed by atoms with Crippen molar-refractivity contribution in [2.45, 2.75) is 147 Å². The second kappa shape index (κ2) is 34.9. The molecule has 0 aliphatic rings. The summed E-state index contributed by atoms with van der Waals surface area (Å²) in [5.74, 6) is -7.84. The van der Waals surface area contributed by atoms with Crippen LogP contribution in [0.1, 0.15) is 84.3 Å². The van der Waals surface area contributed by atoms with E-state index in [-0.39, 0.29) is 49.7 Å². The van der Waals surface area contributed by atoms with Gasteiger partial charge in [0.15, 0.2) is 5.96 Å². The summed E-state index contributed by atoms with van der Waals surface area (Å²) in [6.45, 7) is 9.58. The quantitative estimate of drug-likeness (QED) is 0.0133. The average Bonchev–Trinajstić information content (AvgIpc) is 3.84. The molecule has 25 nitrogen and oxygen atoms in total. The van der Waals surface area contributed by atoms with Crippen molar-refractivity contribution in [3.8, 4) is 0 Å². The van der Waals surface area contributed by atoms with Gasteiger partial charge in [0.05, 0.1) is 12.2 Å². The van der Waals surface area contributed by atoms with Gasteiger partial charge in [0.25, 0.3) is 0 Å². The van der Waals surface area contributed by atoms with E-state index in [2.05, 4.69) is 78.1 Å². The Hall–Kier alpha value is -6.94. The van der Waals surface area contributed by atoms with Crippen molar-refractivity contribution in [2.24, 2.45) is 11.5 Å². The number of aromatic amines is 1. The first-order valence-corrected chi connectivity index (χ1v) is 28.0. The lowest BCUT2D eigenvalue weighted by molar-refractivity contribution is -0.137. The molecule has 9 amide bonds. The van der Waals surface area contributed by atoms with Crippen LogP contribution in [0.15, 0.2) is 60.8 Å². The predicted octanol–water partition coefficient (Wildman–Crippen LogP) is -1.88. The molecule has 0 bridgehead atoms. The van der Waals surface area contributed by atoms with Crippen LogP contribution in [-0.4, -0.2) is 177 Å². The second-order valence-electron chi connectivity index (χ2n) is 19.3. The van der Waals surface area contributed by atoms with Gasteiger partial charge in [-0.3, -0.25) is 48.6 Å². The van der Waals surface area contributed by atoms with E-state index in [1.165, 1.54) is 20.8 Å². The Morgan fingerprint density at radius 1 is 0.600 bits per heavy atom. The highest BCUT2D eigenvalue weighted by atomic mass is 32.1. The van der Waals surface area contributed by atoms with Gasteiger partial charge in [-0.1, -0.05) is 48.5 Å². The number of nitrogens with one attached hydrogen (secondary N) is 11. The van der Waals surface area contributed by atoms with Gasteiger partial charge in [0.2, 0.25) is 53.2 Å².